The first-order valence-electron chi connectivity index (χ1n) is 5.63. The molecule has 2 rings (SSSR count). The van der Waals surface area contributed by atoms with Gasteiger partial charge in [0.05, 0.1) is 6.54 Å². The zero-order valence-electron chi connectivity index (χ0n) is 9.44. The zero-order chi connectivity index (χ0) is 11.4. The molecule has 88 valence electrons. The van der Waals surface area contributed by atoms with E-state index in [2.05, 4.69) is 20.7 Å². The summed E-state index contributed by atoms with van der Waals surface area (Å²) in [6.45, 7) is 0.345. The summed E-state index contributed by atoms with van der Waals surface area (Å²) in [7, 11) is 1.74. The summed E-state index contributed by atoms with van der Waals surface area (Å²) in [6.07, 6.45) is 6.31. The predicted molar refractivity (Wildman–Crippen MR) is 59.9 cm³/mol. The maximum absolute atomic E-state index is 11.6. The Bertz CT molecular complexity index is 356. The molecule has 1 aromatic rings. The molecule has 0 saturated heterocycles. The van der Waals surface area contributed by atoms with Crippen LogP contribution < -0.4 is 10.6 Å². The van der Waals surface area contributed by atoms with Crippen LogP contribution in [0, 0.1) is 0 Å². The number of nitrogens with zero attached hydrogens (tertiary/aromatic N) is 3. The molecule has 1 fully saturated rings. The van der Waals surface area contributed by atoms with E-state index in [9.17, 15) is 4.79 Å². The fraction of sp³-hybridized carbons (Fsp3) is 0.700. The molecular formula is C10H17N5O. The number of rotatable bonds is 4. The Morgan fingerprint density at radius 2 is 2.31 bits per heavy atom. The number of carbonyl (C=O) groups excluding carboxylic acids is 1. The van der Waals surface area contributed by atoms with E-state index >= 15 is 0 Å². The van der Waals surface area contributed by atoms with Gasteiger partial charge in [0.1, 0.15) is 6.33 Å². The first kappa shape index (κ1) is 11.1. The van der Waals surface area contributed by atoms with Crippen molar-refractivity contribution in [2.45, 2.75) is 31.7 Å². The van der Waals surface area contributed by atoms with Crippen LogP contribution in [0.2, 0.25) is 0 Å². The van der Waals surface area contributed by atoms with E-state index in [4.69, 9.17) is 0 Å². The summed E-state index contributed by atoms with van der Waals surface area (Å²) in [5, 5.41) is 9.82. The molecule has 6 nitrogen and oxygen atoms in total. The van der Waals surface area contributed by atoms with Gasteiger partial charge in [0.2, 0.25) is 11.9 Å². The molecule has 1 aliphatic carbocycles. The molecule has 0 spiro atoms. The largest absolute Gasteiger partial charge is 0.306 e. The van der Waals surface area contributed by atoms with E-state index < -0.39 is 0 Å². The highest BCUT2D eigenvalue weighted by Gasteiger charge is 2.15. The quantitative estimate of drug-likeness (QED) is 0.769. The molecule has 1 aliphatic rings. The molecule has 16 heavy (non-hydrogen) atoms. The highest BCUT2D eigenvalue weighted by Crippen LogP contribution is 2.17. The number of hydrogen-bond acceptors (Lipinski definition) is 4. The number of aromatic nitrogens is 3. The van der Waals surface area contributed by atoms with Gasteiger partial charge in [0.15, 0.2) is 0 Å². The average Bonchev–Trinajstić information content (AvgIpc) is 2.88. The van der Waals surface area contributed by atoms with Gasteiger partial charge in [-0.1, -0.05) is 12.8 Å². The van der Waals surface area contributed by atoms with Crippen LogP contribution in [-0.4, -0.2) is 33.3 Å². The molecule has 0 unspecified atom stereocenters. The fourth-order valence-corrected chi connectivity index (χ4v) is 1.95. The Balaban J connectivity index is 1.74. The molecule has 0 aromatic carbocycles. The van der Waals surface area contributed by atoms with Crippen molar-refractivity contribution in [2.24, 2.45) is 7.05 Å². The van der Waals surface area contributed by atoms with Crippen LogP contribution >= 0.6 is 0 Å². The number of nitrogens with one attached hydrogen (secondary N) is 2. The maximum atomic E-state index is 11.6. The van der Waals surface area contributed by atoms with Crippen molar-refractivity contribution in [3.05, 3.63) is 6.33 Å². The lowest BCUT2D eigenvalue weighted by atomic mass is 10.2. The molecule has 1 saturated carbocycles. The zero-order valence-corrected chi connectivity index (χ0v) is 9.44. The minimum atomic E-state index is -0.0667. The minimum absolute atomic E-state index is 0.0667. The Morgan fingerprint density at radius 3 is 2.94 bits per heavy atom. The van der Waals surface area contributed by atoms with Crippen molar-refractivity contribution in [1.82, 2.24) is 20.1 Å². The number of carbonyl (C=O) groups is 1. The Kier molecular flexibility index (Phi) is 3.51. The van der Waals surface area contributed by atoms with E-state index in [1.165, 1.54) is 36.7 Å². The normalized spacial score (nSPS) is 16.6. The summed E-state index contributed by atoms with van der Waals surface area (Å²) < 4.78 is 1.54. The Morgan fingerprint density at radius 1 is 1.56 bits per heavy atom. The summed E-state index contributed by atoms with van der Waals surface area (Å²) >= 11 is 0. The van der Waals surface area contributed by atoms with Gasteiger partial charge in [0.25, 0.3) is 0 Å². The maximum Gasteiger partial charge on any atom is 0.240 e. The highest BCUT2D eigenvalue weighted by atomic mass is 16.2. The molecule has 1 aromatic heterocycles. The SMILES string of the molecule is Cn1ncnc1NC(=O)CNC1CCCC1. The van der Waals surface area contributed by atoms with Gasteiger partial charge in [-0.25, -0.2) is 4.68 Å². The molecule has 2 N–H and O–H groups in total. The Hall–Kier alpha value is -1.43. The van der Waals surface area contributed by atoms with E-state index in [0.29, 0.717) is 18.5 Å². The van der Waals surface area contributed by atoms with Crippen LogP contribution in [0.15, 0.2) is 6.33 Å². The molecule has 0 radical (unpaired) electrons. The summed E-state index contributed by atoms with van der Waals surface area (Å²) in [4.78, 5) is 15.5. The summed E-state index contributed by atoms with van der Waals surface area (Å²) in [5.41, 5.74) is 0. The summed E-state index contributed by atoms with van der Waals surface area (Å²) in [5.74, 6) is 0.418. The van der Waals surface area contributed by atoms with Crippen molar-refractivity contribution in [2.75, 3.05) is 11.9 Å². The Labute approximate surface area is 94.4 Å². The van der Waals surface area contributed by atoms with E-state index in [1.807, 2.05) is 0 Å². The third kappa shape index (κ3) is 2.79. The first-order valence-corrected chi connectivity index (χ1v) is 5.63. The van der Waals surface area contributed by atoms with E-state index in [1.54, 1.807) is 7.05 Å². The predicted octanol–water partition coefficient (Wildman–Crippen LogP) is 0.286. The van der Waals surface area contributed by atoms with Crippen LogP contribution in [0.5, 0.6) is 0 Å². The minimum Gasteiger partial charge on any atom is -0.306 e. The fourth-order valence-electron chi connectivity index (χ4n) is 1.95. The molecular weight excluding hydrogens is 206 g/mol. The van der Waals surface area contributed by atoms with Crippen molar-refractivity contribution in [1.29, 1.82) is 0 Å². The van der Waals surface area contributed by atoms with Crippen LogP contribution in [0.25, 0.3) is 0 Å². The molecule has 0 atom stereocenters. The lowest BCUT2D eigenvalue weighted by Gasteiger charge is -2.11. The highest BCUT2D eigenvalue weighted by molar-refractivity contribution is 5.90. The van der Waals surface area contributed by atoms with E-state index in [-0.39, 0.29) is 5.91 Å². The van der Waals surface area contributed by atoms with Crippen LogP contribution in [-0.2, 0) is 11.8 Å². The van der Waals surface area contributed by atoms with Gasteiger partial charge < -0.3 is 5.32 Å². The molecule has 1 amide bonds. The van der Waals surface area contributed by atoms with Crippen LogP contribution in [0.1, 0.15) is 25.7 Å². The van der Waals surface area contributed by atoms with Gasteiger partial charge in [0, 0.05) is 13.1 Å². The van der Waals surface area contributed by atoms with Crippen molar-refractivity contribution >= 4 is 11.9 Å². The third-order valence-corrected chi connectivity index (χ3v) is 2.87. The van der Waals surface area contributed by atoms with Gasteiger partial charge in [-0.05, 0) is 12.8 Å². The van der Waals surface area contributed by atoms with Gasteiger partial charge in [-0.15, -0.1) is 0 Å². The first-order chi connectivity index (χ1) is 7.75. The van der Waals surface area contributed by atoms with Crippen LogP contribution in [0.3, 0.4) is 0 Å². The molecule has 0 aliphatic heterocycles. The standard InChI is InChI=1S/C10H17N5O/c1-15-10(12-7-13-15)14-9(16)6-11-8-4-2-3-5-8/h7-8,11H,2-6H2,1H3,(H,12,13,14,16). The van der Waals surface area contributed by atoms with Crippen molar-refractivity contribution < 1.29 is 4.79 Å². The second-order valence-corrected chi connectivity index (χ2v) is 4.12. The van der Waals surface area contributed by atoms with Gasteiger partial charge >= 0.3 is 0 Å². The molecule has 1 heterocycles. The second-order valence-electron chi connectivity index (χ2n) is 4.12. The second kappa shape index (κ2) is 5.07. The van der Waals surface area contributed by atoms with Gasteiger partial charge in [-0.2, -0.15) is 10.1 Å². The van der Waals surface area contributed by atoms with Gasteiger partial charge in [-0.3, -0.25) is 10.1 Å². The van der Waals surface area contributed by atoms with Crippen molar-refractivity contribution in [3.63, 3.8) is 0 Å². The third-order valence-electron chi connectivity index (χ3n) is 2.87. The lowest BCUT2D eigenvalue weighted by Crippen LogP contribution is -2.34. The number of aryl methyl sites for hydroxylation is 1. The van der Waals surface area contributed by atoms with E-state index in [0.717, 1.165) is 0 Å². The summed E-state index contributed by atoms with van der Waals surface area (Å²) in [6, 6.07) is 0.505. The average molecular weight is 223 g/mol. The number of anilines is 1. The molecule has 0 bridgehead atoms. The number of amides is 1. The monoisotopic (exact) mass is 223 g/mol. The van der Waals surface area contributed by atoms with Crippen molar-refractivity contribution in [3.8, 4) is 0 Å². The number of hydrogen-bond donors (Lipinski definition) is 2. The molecule has 6 heteroatoms. The topological polar surface area (TPSA) is 71.8 Å². The lowest BCUT2D eigenvalue weighted by molar-refractivity contribution is -0.115. The smallest absolute Gasteiger partial charge is 0.240 e. The van der Waals surface area contributed by atoms with Crippen LogP contribution in [0.4, 0.5) is 5.95 Å².